The first-order valence-electron chi connectivity index (χ1n) is 7.08. The second kappa shape index (κ2) is 11.2. The van der Waals surface area contributed by atoms with E-state index in [-0.39, 0.29) is 41.7 Å². The Kier molecular flexibility index (Phi) is 11.0. The molecule has 1 rings (SSSR count). The molecule has 6 heteroatoms. The van der Waals surface area contributed by atoms with Crippen LogP contribution in [0, 0.1) is 0 Å². The van der Waals surface area contributed by atoms with Crippen LogP contribution < -0.4 is 4.18 Å². The average molecular weight is 322 g/mol. The Balaban J connectivity index is 0.00000400. The molecule has 0 fully saturated rings. The van der Waals surface area contributed by atoms with Crippen molar-refractivity contribution in [3.63, 3.8) is 0 Å². The molecule has 0 aliphatic rings. The van der Waals surface area contributed by atoms with Crippen molar-refractivity contribution in [2.75, 3.05) is 0 Å². The zero-order valence-electron chi connectivity index (χ0n) is 11.9. The minimum atomic E-state index is -4.15. The van der Waals surface area contributed by atoms with Gasteiger partial charge in [-0.2, -0.15) is 8.42 Å². The van der Waals surface area contributed by atoms with Crippen molar-refractivity contribution < 1.29 is 17.4 Å². The molecular weight excluding hydrogens is 299 g/mol. The fourth-order valence-corrected chi connectivity index (χ4v) is 2.68. The molecule has 0 radical (unpaired) electrons. The fourth-order valence-electron chi connectivity index (χ4n) is 1.82. The number of hydrogen-bond donors (Lipinski definition) is 0. The third-order valence-electron chi connectivity index (χ3n) is 2.96. The van der Waals surface area contributed by atoms with Crippen LogP contribution in [-0.4, -0.2) is 43.1 Å². The van der Waals surface area contributed by atoms with Gasteiger partial charge >= 0.3 is 39.7 Å². The Bertz CT molecular complexity index is 500. The molecule has 0 aliphatic heterocycles. The summed E-state index contributed by atoms with van der Waals surface area (Å²) in [5.74, 6) is 0.170. The Morgan fingerprint density at radius 1 is 1.00 bits per heavy atom. The number of carbonyl (C=O) groups is 1. The summed E-state index contributed by atoms with van der Waals surface area (Å²) in [6.45, 7) is 2.14. The Morgan fingerprint density at radius 3 is 2.19 bits per heavy atom. The molecule has 0 N–H and O–H groups in total. The van der Waals surface area contributed by atoms with E-state index < -0.39 is 15.2 Å². The van der Waals surface area contributed by atoms with E-state index in [9.17, 15) is 13.2 Å². The summed E-state index contributed by atoms with van der Waals surface area (Å²) in [7, 11) is -4.15. The number of unbranched alkanes of at least 4 members (excludes halogenated alkanes) is 5. The molecule has 0 unspecified atom stereocenters. The van der Waals surface area contributed by atoms with Crippen molar-refractivity contribution in [3.05, 3.63) is 30.3 Å². The first-order valence-corrected chi connectivity index (χ1v) is 8.49. The molecule has 0 amide bonds. The van der Waals surface area contributed by atoms with Crippen LogP contribution in [0.4, 0.5) is 0 Å². The summed E-state index contributed by atoms with van der Waals surface area (Å²) in [6.07, 6.45) is 6.04. The Labute approximate surface area is 149 Å². The van der Waals surface area contributed by atoms with Gasteiger partial charge in [-0.25, -0.2) is 0 Å². The molecule has 21 heavy (non-hydrogen) atoms. The number of carbonyl (C=O) groups excluding carboxylic acids is 1. The molecule has 0 saturated heterocycles. The number of hydrogen-bond acceptors (Lipinski definition) is 4. The van der Waals surface area contributed by atoms with E-state index in [2.05, 4.69) is 6.92 Å². The minimum absolute atomic E-state index is 0. The first kappa shape index (κ1) is 20.6. The van der Waals surface area contributed by atoms with Crippen molar-refractivity contribution in [2.24, 2.45) is 0 Å². The normalized spacial score (nSPS) is 10.7. The van der Waals surface area contributed by atoms with Gasteiger partial charge < -0.3 is 4.18 Å². The first-order chi connectivity index (χ1) is 9.56. The maximum atomic E-state index is 11.7. The van der Waals surface area contributed by atoms with Crippen LogP contribution in [0.2, 0.25) is 0 Å². The standard InChI is InChI=1S/C15H22O4S.Na.H/c1-2-3-4-5-6-10-13-15(16)20(17,18)19-14-11-8-7-9-12-14;;/h7-9,11-12H,2-6,10,13H2,1H3;;. The van der Waals surface area contributed by atoms with Gasteiger partial charge in [0.15, 0.2) is 0 Å². The van der Waals surface area contributed by atoms with E-state index in [0.717, 1.165) is 25.7 Å². The van der Waals surface area contributed by atoms with Crippen molar-refractivity contribution in [3.8, 4) is 5.75 Å². The molecule has 0 heterocycles. The van der Waals surface area contributed by atoms with Crippen LogP contribution in [0.15, 0.2) is 30.3 Å². The van der Waals surface area contributed by atoms with Gasteiger partial charge in [0.25, 0.3) is 5.12 Å². The molecule has 1 aromatic rings. The number of benzene rings is 1. The van der Waals surface area contributed by atoms with Gasteiger partial charge in [0.05, 0.1) is 0 Å². The summed E-state index contributed by atoms with van der Waals surface area (Å²) in [5.41, 5.74) is 0. The second-order valence-electron chi connectivity index (χ2n) is 4.74. The summed E-state index contributed by atoms with van der Waals surface area (Å²) < 4.78 is 28.2. The van der Waals surface area contributed by atoms with Crippen molar-refractivity contribution in [1.82, 2.24) is 0 Å². The predicted octanol–water partition coefficient (Wildman–Crippen LogP) is 3.02. The van der Waals surface area contributed by atoms with Crippen LogP contribution in [0.3, 0.4) is 0 Å². The molecule has 0 aliphatic carbocycles. The van der Waals surface area contributed by atoms with Gasteiger partial charge in [0.2, 0.25) is 0 Å². The Morgan fingerprint density at radius 2 is 1.57 bits per heavy atom. The molecule has 0 saturated carbocycles. The summed E-state index contributed by atoms with van der Waals surface area (Å²) in [4.78, 5) is 11.6. The molecule has 0 aromatic heterocycles. The summed E-state index contributed by atoms with van der Waals surface area (Å²) >= 11 is 0. The number of rotatable bonds is 9. The van der Waals surface area contributed by atoms with Crippen LogP contribution >= 0.6 is 0 Å². The van der Waals surface area contributed by atoms with Gasteiger partial charge in [-0.05, 0) is 18.6 Å². The summed E-state index contributed by atoms with van der Waals surface area (Å²) in [5, 5.41) is -0.836. The van der Waals surface area contributed by atoms with Crippen LogP contribution in [0.1, 0.15) is 51.9 Å². The molecule has 114 valence electrons. The molecular formula is C15H23NaO4S. The van der Waals surface area contributed by atoms with Crippen LogP contribution in [0.25, 0.3) is 0 Å². The monoisotopic (exact) mass is 322 g/mol. The zero-order valence-corrected chi connectivity index (χ0v) is 12.7. The van der Waals surface area contributed by atoms with Crippen LogP contribution in [0.5, 0.6) is 5.75 Å². The molecule has 1 aromatic carbocycles. The van der Waals surface area contributed by atoms with Crippen LogP contribution in [-0.2, 0) is 14.9 Å². The number of para-hydroxylation sites is 1. The molecule has 0 bridgehead atoms. The van der Waals surface area contributed by atoms with Gasteiger partial charge in [-0.3, -0.25) is 4.79 Å². The van der Waals surface area contributed by atoms with E-state index >= 15 is 0 Å². The summed E-state index contributed by atoms with van der Waals surface area (Å²) in [6, 6.07) is 8.08. The van der Waals surface area contributed by atoms with Gasteiger partial charge in [0.1, 0.15) is 5.75 Å². The van der Waals surface area contributed by atoms with Crippen molar-refractivity contribution >= 4 is 44.8 Å². The quantitative estimate of drug-likeness (QED) is 0.398. The third kappa shape index (κ3) is 8.61. The van der Waals surface area contributed by atoms with Crippen molar-refractivity contribution in [2.45, 2.75) is 51.9 Å². The van der Waals surface area contributed by atoms with Gasteiger partial charge in [-0.1, -0.05) is 57.2 Å². The van der Waals surface area contributed by atoms with E-state index in [4.69, 9.17) is 4.18 Å². The SMILES string of the molecule is CCCCCCCCC(=O)S(=O)(=O)Oc1ccccc1.[NaH]. The molecule has 0 atom stereocenters. The second-order valence-corrected chi connectivity index (χ2v) is 6.27. The predicted molar refractivity (Wildman–Crippen MR) is 86.1 cm³/mol. The van der Waals surface area contributed by atoms with E-state index in [1.807, 2.05) is 0 Å². The Hall–Kier alpha value is -0.360. The maximum absolute atomic E-state index is 11.7. The zero-order chi connectivity index (χ0) is 14.8. The van der Waals surface area contributed by atoms with Gasteiger partial charge in [0, 0.05) is 6.42 Å². The van der Waals surface area contributed by atoms with E-state index in [1.165, 1.54) is 18.6 Å². The molecule has 0 spiro atoms. The van der Waals surface area contributed by atoms with Gasteiger partial charge in [-0.15, -0.1) is 0 Å². The van der Waals surface area contributed by atoms with E-state index in [1.54, 1.807) is 18.2 Å². The topological polar surface area (TPSA) is 60.4 Å². The van der Waals surface area contributed by atoms with E-state index in [0.29, 0.717) is 6.42 Å². The third-order valence-corrected chi connectivity index (χ3v) is 4.14. The van der Waals surface area contributed by atoms with Crippen molar-refractivity contribution in [1.29, 1.82) is 0 Å². The average Bonchev–Trinajstić information content (AvgIpc) is 2.43. The fraction of sp³-hybridized carbons (Fsp3) is 0.533. The molecule has 4 nitrogen and oxygen atoms in total.